The predicted molar refractivity (Wildman–Crippen MR) is 134 cm³/mol. The fourth-order valence-electron chi connectivity index (χ4n) is 4.04. The summed E-state index contributed by atoms with van der Waals surface area (Å²) in [6, 6.07) is 0. The van der Waals surface area contributed by atoms with Gasteiger partial charge in [-0.2, -0.15) is 0 Å². The Balaban J connectivity index is 3.27. The fraction of sp³-hybridized carbons (Fsp3) is 0.929. The van der Waals surface area contributed by atoms with E-state index in [0.29, 0.717) is 12.8 Å². The zero-order valence-corrected chi connectivity index (χ0v) is 21.6. The number of hydrogen-bond acceptors (Lipinski definition) is 4. The highest BCUT2D eigenvalue weighted by Gasteiger charge is 2.09. The van der Waals surface area contributed by atoms with Gasteiger partial charge in [-0.05, 0) is 12.8 Å². The predicted octanol–water partition coefficient (Wildman–Crippen LogP) is 9.39. The van der Waals surface area contributed by atoms with Gasteiger partial charge in [-0.3, -0.25) is 0 Å². The van der Waals surface area contributed by atoms with Crippen LogP contribution in [-0.4, -0.2) is 11.9 Å². The van der Waals surface area contributed by atoms with Crippen LogP contribution >= 0.6 is 0 Å². The SMILES string of the molecule is CCCCCCCCCCCCCCCCCC(=O)OOC(=O)CCCCCCCCC. The van der Waals surface area contributed by atoms with Gasteiger partial charge in [0.25, 0.3) is 0 Å². The first kappa shape index (κ1) is 30.9. The molecule has 4 nitrogen and oxygen atoms in total. The van der Waals surface area contributed by atoms with E-state index in [-0.39, 0.29) is 0 Å². The van der Waals surface area contributed by atoms with Gasteiger partial charge in [0.05, 0.1) is 12.8 Å². The van der Waals surface area contributed by atoms with Gasteiger partial charge < -0.3 is 0 Å². The molecule has 0 aliphatic rings. The molecule has 0 aliphatic heterocycles. The highest BCUT2D eigenvalue weighted by atomic mass is 17.2. The highest BCUT2D eigenvalue weighted by Crippen LogP contribution is 2.14. The average molecular weight is 455 g/mol. The van der Waals surface area contributed by atoms with Crippen LogP contribution in [0.5, 0.6) is 0 Å². The fourth-order valence-corrected chi connectivity index (χ4v) is 4.04. The topological polar surface area (TPSA) is 52.6 Å². The highest BCUT2D eigenvalue weighted by molar-refractivity contribution is 5.72. The van der Waals surface area contributed by atoms with E-state index in [1.54, 1.807) is 0 Å². The standard InChI is InChI=1S/C28H54O4/c1-3-5-7-9-11-12-13-14-15-16-17-18-20-22-24-26-28(30)32-31-27(29)25-23-21-19-10-8-6-4-2/h3-26H2,1-2H3. The van der Waals surface area contributed by atoms with Crippen LogP contribution in [0.2, 0.25) is 0 Å². The summed E-state index contributed by atoms with van der Waals surface area (Å²) in [6.07, 6.45) is 28.2. The molecule has 0 heterocycles. The van der Waals surface area contributed by atoms with E-state index in [9.17, 15) is 9.59 Å². The summed E-state index contributed by atoms with van der Waals surface area (Å²) in [4.78, 5) is 32.5. The zero-order valence-electron chi connectivity index (χ0n) is 21.6. The third-order valence-corrected chi connectivity index (χ3v) is 6.20. The molecule has 0 aliphatic carbocycles. The van der Waals surface area contributed by atoms with E-state index in [0.717, 1.165) is 32.1 Å². The van der Waals surface area contributed by atoms with Gasteiger partial charge in [-0.1, -0.05) is 142 Å². The summed E-state index contributed by atoms with van der Waals surface area (Å²) in [5.41, 5.74) is 0. The molecule has 0 fully saturated rings. The minimum atomic E-state index is -0.427. The van der Waals surface area contributed by atoms with Crippen molar-refractivity contribution in [3.05, 3.63) is 0 Å². The Morgan fingerprint density at radius 2 is 0.594 bits per heavy atom. The van der Waals surface area contributed by atoms with Crippen LogP contribution in [0.1, 0.15) is 168 Å². The Labute approximate surface area is 199 Å². The Morgan fingerprint density at radius 3 is 0.844 bits per heavy atom. The lowest BCUT2D eigenvalue weighted by Gasteiger charge is -2.04. The monoisotopic (exact) mass is 454 g/mol. The van der Waals surface area contributed by atoms with Crippen LogP contribution in [0, 0.1) is 0 Å². The number of rotatable bonds is 24. The quantitative estimate of drug-likeness (QED) is 0.0827. The molecule has 0 bridgehead atoms. The molecule has 190 valence electrons. The molecule has 32 heavy (non-hydrogen) atoms. The third-order valence-electron chi connectivity index (χ3n) is 6.20. The molecular formula is C28H54O4. The van der Waals surface area contributed by atoms with Crippen molar-refractivity contribution in [3.63, 3.8) is 0 Å². The number of carbonyl (C=O) groups is 2. The molecule has 0 spiro atoms. The van der Waals surface area contributed by atoms with Gasteiger partial charge >= 0.3 is 11.9 Å². The van der Waals surface area contributed by atoms with Gasteiger partial charge in [0, 0.05) is 0 Å². The van der Waals surface area contributed by atoms with Crippen LogP contribution in [0.15, 0.2) is 0 Å². The van der Waals surface area contributed by atoms with Crippen LogP contribution in [0.3, 0.4) is 0 Å². The van der Waals surface area contributed by atoms with Gasteiger partial charge in [-0.15, -0.1) is 0 Å². The summed E-state index contributed by atoms with van der Waals surface area (Å²) in [6.45, 7) is 4.48. The van der Waals surface area contributed by atoms with Gasteiger partial charge in [-0.25, -0.2) is 19.4 Å². The second-order valence-electron chi connectivity index (χ2n) is 9.48. The number of carbonyl (C=O) groups excluding carboxylic acids is 2. The van der Waals surface area contributed by atoms with Crippen molar-refractivity contribution in [2.75, 3.05) is 0 Å². The molecule has 0 saturated carbocycles. The Morgan fingerprint density at radius 1 is 0.375 bits per heavy atom. The molecule has 0 unspecified atom stereocenters. The minimum Gasteiger partial charge on any atom is -0.247 e. The molecule has 0 saturated heterocycles. The van der Waals surface area contributed by atoms with E-state index in [1.807, 2.05) is 0 Å². The van der Waals surface area contributed by atoms with E-state index in [1.165, 1.54) is 109 Å². The molecular weight excluding hydrogens is 400 g/mol. The lowest BCUT2D eigenvalue weighted by Crippen LogP contribution is -2.11. The first-order chi connectivity index (χ1) is 15.7. The molecule has 0 radical (unpaired) electrons. The largest absolute Gasteiger partial charge is 0.355 e. The maximum absolute atomic E-state index is 11.7. The number of hydrogen-bond donors (Lipinski definition) is 0. The van der Waals surface area contributed by atoms with Crippen LogP contribution in [0.4, 0.5) is 0 Å². The molecule has 4 heteroatoms. The number of unbranched alkanes of at least 4 members (excludes halogenated alkanes) is 20. The Kier molecular flexibility index (Phi) is 25.3. The van der Waals surface area contributed by atoms with Crippen molar-refractivity contribution in [1.82, 2.24) is 0 Å². The van der Waals surface area contributed by atoms with Crippen LogP contribution in [-0.2, 0) is 19.4 Å². The van der Waals surface area contributed by atoms with Gasteiger partial charge in [0.15, 0.2) is 0 Å². The van der Waals surface area contributed by atoms with Gasteiger partial charge in [0.2, 0.25) is 0 Å². The van der Waals surface area contributed by atoms with E-state index < -0.39 is 11.9 Å². The van der Waals surface area contributed by atoms with E-state index in [4.69, 9.17) is 0 Å². The van der Waals surface area contributed by atoms with Crippen molar-refractivity contribution in [2.45, 2.75) is 168 Å². The molecule has 0 N–H and O–H groups in total. The van der Waals surface area contributed by atoms with E-state index in [2.05, 4.69) is 23.6 Å². The summed E-state index contributed by atoms with van der Waals surface area (Å²) in [5.74, 6) is -0.851. The Bertz CT molecular complexity index is 408. The normalized spacial score (nSPS) is 10.9. The summed E-state index contributed by atoms with van der Waals surface area (Å²) < 4.78 is 0. The third kappa shape index (κ3) is 25.2. The van der Waals surface area contributed by atoms with Crippen molar-refractivity contribution in [1.29, 1.82) is 0 Å². The molecule has 0 aromatic rings. The lowest BCUT2D eigenvalue weighted by molar-refractivity contribution is -0.259. The first-order valence-corrected chi connectivity index (χ1v) is 14.1. The van der Waals surface area contributed by atoms with Crippen molar-refractivity contribution >= 4 is 11.9 Å². The molecule has 0 aromatic heterocycles. The van der Waals surface area contributed by atoms with Crippen molar-refractivity contribution < 1.29 is 19.4 Å². The second-order valence-corrected chi connectivity index (χ2v) is 9.48. The molecule has 0 aromatic carbocycles. The maximum Gasteiger partial charge on any atom is 0.355 e. The molecule has 0 atom stereocenters. The van der Waals surface area contributed by atoms with Gasteiger partial charge in [0.1, 0.15) is 0 Å². The van der Waals surface area contributed by atoms with Crippen LogP contribution in [0.25, 0.3) is 0 Å². The second kappa shape index (κ2) is 26.2. The molecule has 0 amide bonds. The zero-order chi connectivity index (χ0) is 23.5. The summed E-state index contributed by atoms with van der Waals surface area (Å²) in [7, 11) is 0. The smallest absolute Gasteiger partial charge is 0.247 e. The molecule has 0 rings (SSSR count). The van der Waals surface area contributed by atoms with Crippen molar-refractivity contribution in [2.24, 2.45) is 0 Å². The van der Waals surface area contributed by atoms with E-state index >= 15 is 0 Å². The maximum atomic E-state index is 11.7. The lowest BCUT2D eigenvalue weighted by atomic mass is 10.0. The minimum absolute atomic E-state index is 0.333. The Hall–Kier alpha value is -1.06. The average Bonchev–Trinajstić information content (AvgIpc) is 2.79. The van der Waals surface area contributed by atoms with Crippen molar-refractivity contribution in [3.8, 4) is 0 Å². The summed E-state index contributed by atoms with van der Waals surface area (Å²) in [5, 5.41) is 0. The first-order valence-electron chi connectivity index (χ1n) is 14.1. The van der Waals surface area contributed by atoms with Crippen LogP contribution < -0.4 is 0 Å². The summed E-state index contributed by atoms with van der Waals surface area (Å²) >= 11 is 0.